The second kappa shape index (κ2) is 10.3. The van der Waals surface area contributed by atoms with Crippen molar-refractivity contribution in [2.45, 2.75) is 45.1 Å². The summed E-state index contributed by atoms with van der Waals surface area (Å²) in [7, 11) is -3.80. The number of hydrogen-bond donors (Lipinski definition) is 2. The van der Waals surface area contributed by atoms with Gasteiger partial charge in [0.2, 0.25) is 0 Å². The Kier molecular flexibility index (Phi) is 7.66. The summed E-state index contributed by atoms with van der Waals surface area (Å²) in [6, 6.07) is 16.6. The van der Waals surface area contributed by atoms with E-state index in [4.69, 9.17) is 16.3 Å². The molecule has 3 rings (SSSR count). The second-order valence-electron chi connectivity index (χ2n) is 7.84. The molecular weight excluding hydrogens is 460 g/mol. The average Bonchev–Trinajstić information content (AvgIpc) is 2.77. The molecule has 1 amide bonds. The van der Waals surface area contributed by atoms with E-state index in [9.17, 15) is 13.2 Å². The van der Waals surface area contributed by atoms with Gasteiger partial charge in [0.15, 0.2) is 6.10 Å². The Morgan fingerprint density at radius 3 is 2.15 bits per heavy atom. The van der Waals surface area contributed by atoms with Crippen LogP contribution >= 0.6 is 11.6 Å². The summed E-state index contributed by atoms with van der Waals surface area (Å²) in [5, 5.41) is 3.26. The van der Waals surface area contributed by atoms with Crippen molar-refractivity contribution in [1.29, 1.82) is 0 Å². The molecule has 174 valence electrons. The molecule has 0 saturated heterocycles. The quantitative estimate of drug-likeness (QED) is 0.417. The summed E-state index contributed by atoms with van der Waals surface area (Å²) in [5.74, 6) is 0.322. The van der Waals surface area contributed by atoms with Gasteiger partial charge in [0.25, 0.3) is 15.9 Å². The molecule has 2 N–H and O–H groups in total. The number of carbonyl (C=O) groups is 1. The summed E-state index contributed by atoms with van der Waals surface area (Å²) in [6.45, 7) is 7.70. The number of amides is 1. The van der Waals surface area contributed by atoms with Crippen molar-refractivity contribution in [3.8, 4) is 5.75 Å². The molecule has 0 unspecified atom stereocenters. The van der Waals surface area contributed by atoms with Crippen LogP contribution in [-0.4, -0.2) is 20.4 Å². The van der Waals surface area contributed by atoms with E-state index in [0.29, 0.717) is 28.6 Å². The lowest BCUT2D eigenvalue weighted by Gasteiger charge is -2.18. The fraction of sp³-hybridized carbons (Fsp3) is 0.240. The largest absolute Gasteiger partial charge is 0.481 e. The summed E-state index contributed by atoms with van der Waals surface area (Å²) >= 11 is 6.08. The van der Waals surface area contributed by atoms with Gasteiger partial charge in [-0.3, -0.25) is 9.52 Å². The molecule has 0 aliphatic carbocycles. The molecule has 0 spiro atoms. The van der Waals surface area contributed by atoms with Gasteiger partial charge in [-0.1, -0.05) is 30.7 Å². The first kappa shape index (κ1) is 24.6. The number of anilines is 2. The number of rotatable bonds is 8. The summed E-state index contributed by atoms with van der Waals surface area (Å²) in [5.41, 5.74) is 3.93. The minimum atomic E-state index is -3.80. The molecule has 0 saturated carbocycles. The Bertz CT molecular complexity index is 1260. The maximum atomic E-state index is 12.7. The Morgan fingerprint density at radius 1 is 0.909 bits per heavy atom. The molecule has 0 aromatic heterocycles. The van der Waals surface area contributed by atoms with Gasteiger partial charge in [-0.2, -0.15) is 0 Å². The van der Waals surface area contributed by atoms with Crippen LogP contribution in [0.25, 0.3) is 0 Å². The van der Waals surface area contributed by atoms with E-state index in [2.05, 4.69) is 10.0 Å². The lowest BCUT2D eigenvalue weighted by atomic mass is 10.1. The summed E-state index contributed by atoms with van der Waals surface area (Å²) in [4.78, 5) is 12.8. The molecule has 0 aliphatic rings. The normalized spacial score (nSPS) is 12.2. The van der Waals surface area contributed by atoms with Crippen molar-refractivity contribution in [2.24, 2.45) is 0 Å². The Balaban J connectivity index is 1.67. The fourth-order valence-electron chi connectivity index (χ4n) is 3.08. The van der Waals surface area contributed by atoms with Crippen LogP contribution in [0.3, 0.4) is 0 Å². The third kappa shape index (κ3) is 6.27. The van der Waals surface area contributed by atoms with Gasteiger partial charge in [-0.15, -0.1) is 0 Å². The molecule has 8 heteroatoms. The second-order valence-corrected chi connectivity index (χ2v) is 9.93. The van der Waals surface area contributed by atoms with Crippen LogP contribution in [0, 0.1) is 20.8 Å². The highest BCUT2D eigenvalue weighted by atomic mass is 35.5. The molecule has 33 heavy (non-hydrogen) atoms. The molecule has 6 nitrogen and oxygen atoms in total. The number of halogens is 1. The van der Waals surface area contributed by atoms with Crippen LogP contribution in [0.5, 0.6) is 5.75 Å². The monoisotopic (exact) mass is 486 g/mol. The van der Waals surface area contributed by atoms with Crippen LogP contribution in [0.4, 0.5) is 11.4 Å². The van der Waals surface area contributed by atoms with Crippen LogP contribution in [0.15, 0.2) is 65.6 Å². The third-order valence-corrected chi connectivity index (χ3v) is 7.08. The number of hydrogen-bond acceptors (Lipinski definition) is 4. The maximum absolute atomic E-state index is 12.7. The highest BCUT2D eigenvalue weighted by molar-refractivity contribution is 7.92. The van der Waals surface area contributed by atoms with Crippen LogP contribution in [0.2, 0.25) is 5.02 Å². The molecule has 0 fully saturated rings. The Labute approximate surface area is 200 Å². The van der Waals surface area contributed by atoms with Crippen LogP contribution in [-0.2, 0) is 14.8 Å². The number of benzene rings is 3. The van der Waals surface area contributed by atoms with E-state index in [1.165, 1.54) is 24.3 Å². The first-order valence-corrected chi connectivity index (χ1v) is 12.4. The molecular formula is C25H27ClN2O4S. The zero-order chi connectivity index (χ0) is 24.2. The maximum Gasteiger partial charge on any atom is 0.265 e. The van der Waals surface area contributed by atoms with Gasteiger partial charge >= 0.3 is 0 Å². The minimum Gasteiger partial charge on any atom is -0.481 e. The Hall–Kier alpha value is -3.03. The Morgan fingerprint density at radius 2 is 1.55 bits per heavy atom. The number of ether oxygens (including phenoxy) is 1. The predicted molar refractivity (Wildman–Crippen MR) is 133 cm³/mol. The third-order valence-electron chi connectivity index (χ3n) is 5.28. The smallest absolute Gasteiger partial charge is 0.265 e. The van der Waals surface area contributed by atoms with E-state index in [-0.39, 0.29) is 10.8 Å². The summed E-state index contributed by atoms with van der Waals surface area (Å²) in [6.07, 6.45) is -0.197. The first-order chi connectivity index (χ1) is 15.6. The van der Waals surface area contributed by atoms with Crippen molar-refractivity contribution in [2.75, 3.05) is 10.0 Å². The number of carbonyl (C=O) groups excluding carboxylic acids is 1. The van der Waals surface area contributed by atoms with Crippen molar-refractivity contribution >= 4 is 38.9 Å². The van der Waals surface area contributed by atoms with Crippen LogP contribution in [0.1, 0.15) is 30.0 Å². The lowest BCUT2D eigenvalue weighted by molar-refractivity contribution is -0.122. The standard InChI is InChI=1S/C25H27ClN2O4S/c1-5-24(32-21-11-7-16(2)18(4)14-21)25(29)27-19-9-12-22(13-10-19)33(30,31)28-20-8-6-17(3)23(26)15-20/h6-15,24,28H,5H2,1-4H3,(H,27,29)/t24-/m0/s1. The zero-order valence-corrected chi connectivity index (χ0v) is 20.5. The van der Waals surface area contributed by atoms with E-state index in [1.54, 1.807) is 18.2 Å². The highest BCUT2D eigenvalue weighted by Gasteiger charge is 2.20. The topological polar surface area (TPSA) is 84.5 Å². The molecule has 0 radical (unpaired) electrons. The predicted octanol–water partition coefficient (Wildman–Crippen LogP) is 5.86. The molecule has 1 atom stereocenters. The number of aryl methyl sites for hydroxylation is 3. The van der Waals surface area contributed by atoms with Crippen molar-refractivity contribution in [1.82, 2.24) is 0 Å². The summed E-state index contributed by atoms with van der Waals surface area (Å²) < 4.78 is 33.7. The minimum absolute atomic E-state index is 0.0654. The fourth-order valence-corrected chi connectivity index (χ4v) is 4.31. The SMILES string of the molecule is CC[C@H](Oc1ccc(C)c(C)c1)C(=O)Nc1ccc(S(=O)(=O)Nc2ccc(C)c(Cl)c2)cc1. The van der Waals surface area contributed by atoms with Crippen molar-refractivity contribution in [3.05, 3.63) is 82.4 Å². The first-order valence-electron chi connectivity index (χ1n) is 10.5. The zero-order valence-electron chi connectivity index (χ0n) is 19.0. The highest BCUT2D eigenvalue weighted by Crippen LogP contribution is 2.24. The molecule has 3 aromatic carbocycles. The van der Waals surface area contributed by atoms with E-state index in [1.807, 2.05) is 45.9 Å². The average molecular weight is 487 g/mol. The van der Waals surface area contributed by atoms with Crippen LogP contribution < -0.4 is 14.8 Å². The van der Waals surface area contributed by atoms with Gasteiger partial charge in [-0.25, -0.2) is 8.42 Å². The van der Waals surface area contributed by atoms with Gasteiger partial charge < -0.3 is 10.1 Å². The number of nitrogens with one attached hydrogen (secondary N) is 2. The van der Waals surface area contributed by atoms with Crippen molar-refractivity contribution < 1.29 is 17.9 Å². The number of sulfonamides is 1. The van der Waals surface area contributed by atoms with Crippen molar-refractivity contribution in [3.63, 3.8) is 0 Å². The van der Waals surface area contributed by atoms with Gasteiger partial charge in [-0.05, 0) is 92.4 Å². The van der Waals surface area contributed by atoms with E-state index < -0.39 is 16.1 Å². The molecule has 0 bridgehead atoms. The van der Waals surface area contributed by atoms with Gasteiger partial charge in [0, 0.05) is 10.7 Å². The van der Waals surface area contributed by atoms with E-state index in [0.717, 1.165) is 16.7 Å². The lowest BCUT2D eigenvalue weighted by Crippen LogP contribution is -2.32. The molecule has 0 heterocycles. The van der Waals surface area contributed by atoms with Gasteiger partial charge in [0.1, 0.15) is 5.75 Å². The van der Waals surface area contributed by atoms with Gasteiger partial charge in [0.05, 0.1) is 10.6 Å². The molecule has 3 aromatic rings. The molecule has 0 aliphatic heterocycles. The van der Waals surface area contributed by atoms with E-state index >= 15 is 0 Å².